The van der Waals surface area contributed by atoms with Gasteiger partial charge in [0.2, 0.25) is 0 Å². The zero-order valence-electron chi connectivity index (χ0n) is 27.4. The minimum absolute atomic E-state index is 0.304. The Hall–Kier alpha value is -6.38. The third-order valence-corrected chi connectivity index (χ3v) is 11.0. The molecule has 0 aliphatic heterocycles. The number of fused-ring (bicyclic) bond motifs is 11. The summed E-state index contributed by atoms with van der Waals surface area (Å²) in [5.41, 5.74) is 8.68. The van der Waals surface area contributed by atoms with Crippen LogP contribution in [0.25, 0.3) is 92.7 Å². The van der Waals surface area contributed by atoms with Crippen LogP contribution < -0.4 is 0 Å². The molecule has 0 bridgehead atoms. The second-order valence-corrected chi connectivity index (χ2v) is 13.6. The van der Waals surface area contributed by atoms with Gasteiger partial charge in [0.25, 0.3) is 0 Å². The summed E-state index contributed by atoms with van der Waals surface area (Å²) in [5, 5.41) is 12.8. The van der Waals surface area contributed by atoms with Crippen LogP contribution >= 0.6 is 0 Å². The van der Waals surface area contributed by atoms with Gasteiger partial charge >= 0.3 is 0 Å². The Kier molecular flexibility index (Phi) is 5.82. The zero-order valence-corrected chi connectivity index (χ0v) is 27.4. The molecule has 1 aliphatic rings. The average Bonchev–Trinajstić information content (AvgIpc) is 3.70. The molecule has 0 spiro atoms. The predicted molar refractivity (Wildman–Crippen MR) is 214 cm³/mol. The van der Waals surface area contributed by atoms with Gasteiger partial charge in [0, 0.05) is 38.3 Å². The number of aromatic nitrogens is 2. The van der Waals surface area contributed by atoms with Gasteiger partial charge in [-0.25, -0.2) is 0 Å². The maximum Gasteiger partial charge on any atom is 0.0560 e. The van der Waals surface area contributed by atoms with Gasteiger partial charge in [-0.2, -0.15) is 0 Å². The molecule has 2 heteroatoms. The normalized spacial score (nSPS) is 14.8. The molecule has 0 saturated heterocycles. The van der Waals surface area contributed by atoms with Gasteiger partial charge in [0.05, 0.1) is 17.1 Å². The van der Waals surface area contributed by atoms with Gasteiger partial charge < -0.3 is 9.13 Å². The fourth-order valence-corrected chi connectivity index (χ4v) is 8.76. The third kappa shape index (κ3) is 3.90. The standard InChI is InChI=1S/C48H32N2/c1-2-15-35(16-3-1)49-43-21-11-10-19-39(43)42-29-34(24-26-44(42)49)41-30-46-48(40-20-9-8-18-38(40)41)47-37-17-7-6-13-32(37)23-27-45(47)50(46)36-25-22-31-12-4-5-14-33(31)28-36/h1-15,17-30,35H,16H2. The Morgan fingerprint density at radius 3 is 1.98 bits per heavy atom. The highest BCUT2D eigenvalue weighted by Crippen LogP contribution is 2.45. The SMILES string of the molecule is C1=CCC(n2c3ccccc3c3cc(-c4cc5c(c6ccccc46)c4c6ccccc6ccc4n5-c4ccc5ccccc5c4)ccc32)C=C1. The summed E-state index contributed by atoms with van der Waals surface area (Å²) in [6, 6.07) is 56.7. The average molecular weight is 637 g/mol. The minimum atomic E-state index is 0.304. The smallest absolute Gasteiger partial charge is 0.0560 e. The molecule has 1 atom stereocenters. The van der Waals surface area contributed by atoms with Crippen molar-refractivity contribution >= 4 is 75.9 Å². The van der Waals surface area contributed by atoms with E-state index in [0.717, 1.165) is 6.42 Å². The number of hydrogen-bond acceptors (Lipinski definition) is 0. The van der Waals surface area contributed by atoms with Crippen LogP contribution in [0.2, 0.25) is 0 Å². The highest BCUT2D eigenvalue weighted by atomic mass is 15.0. The topological polar surface area (TPSA) is 9.86 Å². The number of allylic oxidation sites excluding steroid dienone is 4. The number of hydrogen-bond donors (Lipinski definition) is 0. The Morgan fingerprint density at radius 2 is 1.12 bits per heavy atom. The van der Waals surface area contributed by atoms with Crippen LogP contribution in [0.4, 0.5) is 0 Å². The summed E-state index contributed by atoms with van der Waals surface area (Å²) in [5.74, 6) is 0. The van der Waals surface area contributed by atoms with E-state index in [-0.39, 0.29) is 0 Å². The van der Waals surface area contributed by atoms with E-state index in [0.29, 0.717) is 6.04 Å². The van der Waals surface area contributed by atoms with E-state index in [9.17, 15) is 0 Å². The van der Waals surface area contributed by atoms with E-state index < -0.39 is 0 Å². The van der Waals surface area contributed by atoms with E-state index in [4.69, 9.17) is 0 Å². The van der Waals surface area contributed by atoms with Crippen molar-refractivity contribution in [2.75, 3.05) is 0 Å². The maximum absolute atomic E-state index is 2.53. The second kappa shape index (κ2) is 10.6. The van der Waals surface area contributed by atoms with E-state index in [1.54, 1.807) is 0 Å². The molecule has 0 saturated carbocycles. The van der Waals surface area contributed by atoms with Crippen molar-refractivity contribution in [3.8, 4) is 16.8 Å². The van der Waals surface area contributed by atoms with Gasteiger partial charge in [-0.15, -0.1) is 0 Å². The Morgan fingerprint density at radius 1 is 0.440 bits per heavy atom. The summed E-state index contributed by atoms with van der Waals surface area (Å²) >= 11 is 0. The fraction of sp³-hybridized carbons (Fsp3) is 0.0417. The van der Waals surface area contributed by atoms with Crippen LogP contribution in [0.15, 0.2) is 176 Å². The molecule has 1 unspecified atom stereocenters. The maximum atomic E-state index is 2.53. The Labute approximate surface area is 289 Å². The van der Waals surface area contributed by atoms with Gasteiger partial charge in [-0.3, -0.25) is 0 Å². The van der Waals surface area contributed by atoms with Gasteiger partial charge in [0.1, 0.15) is 0 Å². The molecule has 1 aliphatic carbocycles. The van der Waals surface area contributed by atoms with Gasteiger partial charge in [0.15, 0.2) is 0 Å². The quantitative estimate of drug-likeness (QED) is 0.183. The van der Waals surface area contributed by atoms with Crippen molar-refractivity contribution in [1.82, 2.24) is 9.13 Å². The van der Waals surface area contributed by atoms with Crippen molar-refractivity contribution in [1.29, 1.82) is 0 Å². The molecule has 0 N–H and O–H groups in total. The Balaban J connectivity index is 1.25. The van der Waals surface area contributed by atoms with Crippen LogP contribution in [0, 0.1) is 0 Å². The van der Waals surface area contributed by atoms with Crippen molar-refractivity contribution < 1.29 is 0 Å². The third-order valence-electron chi connectivity index (χ3n) is 11.0. The molecule has 2 aromatic heterocycles. The highest BCUT2D eigenvalue weighted by Gasteiger charge is 2.21. The molecule has 2 nitrogen and oxygen atoms in total. The molecular formula is C48H32N2. The number of benzene rings is 8. The second-order valence-electron chi connectivity index (χ2n) is 13.6. The van der Waals surface area contributed by atoms with E-state index in [1.807, 2.05) is 0 Å². The number of nitrogens with zero attached hydrogens (tertiary/aromatic N) is 2. The molecule has 11 rings (SSSR count). The first kappa shape index (κ1) is 27.6. The number of para-hydroxylation sites is 1. The first-order valence-corrected chi connectivity index (χ1v) is 17.5. The Bertz CT molecular complexity index is 3080. The van der Waals surface area contributed by atoms with E-state index >= 15 is 0 Å². The van der Waals surface area contributed by atoms with Crippen LogP contribution in [-0.2, 0) is 0 Å². The summed E-state index contributed by atoms with van der Waals surface area (Å²) in [4.78, 5) is 0. The van der Waals surface area contributed by atoms with Crippen LogP contribution in [0.1, 0.15) is 12.5 Å². The summed E-state index contributed by atoms with van der Waals surface area (Å²) < 4.78 is 5.02. The lowest BCUT2D eigenvalue weighted by atomic mass is 9.93. The van der Waals surface area contributed by atoms with Crippen LogP contribution in [0.3, 0.4) is 0 Å². The minimum Gasteiger partial charge on any atom is -0.333 e. The van der Waals surface area contributed by atoms with Crippen molar-refractivity contribution in [3.63, 3.8) is 0 Å². The molecule has 0 fully saturated rings. The molecule has 234 valence electrons. The summed E-state index contributed by atoms with van der Waals surface area (Å²) in [6.07, 6.45) is 9.95. The molecule has 0 amide bonds. The molecule has 0 radical (unpaired) electrons. The molecule has 8 aromatic carbocycles. The van der Waals surface area contributed by atoms with Crippen molar-refractivity contribution in [3.05, 3.63) is 176 Å². The monoisotopic (exact) mass is 636 g/mol. The predicted octanol–water partition coefficient (Wildman–Crippen LogP) is 13.1. The molecule has 2 heterocycles. The molecule has 50 heavy (non-hydrogen) atoms. The zero-order chi connectivity index (χ0) is 32.8. The fourth-order valence-electron chi connectivity index (χ4n) is 8.76. The van der Waals surface area contributed by atoms with Crippen LogP contribution in [-0.4, -0.2) is 9.13 Å². The molecular weight excluding hydrogens is 605 g/mol. The first-order valence-electron chi connectivity index (χ1n) is 17.5. The van der Waals surface area contributed by atoms with E-state index in [2.05, 4.69) is 185 Å². The first-order chi connectivity index (χ1) is 24.8. The van der Waals surface area contributed by atoms with Gasteiger partial charge in [-0.1, -0.05) is 133 Å². The lowest BCUT2D eigenvalue weighted by molar-refractivity contribution is 0.648. The van der Waals surface area contributed by atoms with Crippen LogP contribution in [0.5, 0.6) is 0 Å². The largest absolute Gasteiger partial charge is 0.333 e. The summed E-state index contributed by atoms with van der Waals surface area (Å²) in [6.45, 7) is 0. The lowest BCUT2D eigenvalue weighted by Gasteiger charge is -2.18. The van der Waals surface area contributed by atoms with Gasteiger partial charge in [-0.05, 0) is 92.3 Å². The lowest BCUT2D eigenvalue weighted by Crippen LogP contribution is -2.06. The number of rotatable bonds is 3. The van der Waals surface area contributed by atoms with E-state index in [1.165, 1.54) is 92.7 Å². The van der Waals surface area contributed by atoms with Crippen molar-refractivity contribution in [2.24, 2.45) is 0 Å². The van der Waals surface area contributed by atoms with Crippen molar-refractivity contribution in [2.45, 2.75) is 12.5 Å². The summed E-state index contributed by atoms with van der Waals surface area (Å²) in [7, 11) is 0. The highest BCUT2D eigenvalue weighted by molar-refractivity contribution is 6.30. The molecule has 10 aromatic rings.